The summed E-state index contributed by atoms with van der Waals surface area (Å²) in [7, 11) is -2.81. The maximum atomic E-state index is 11.4. The lowest BCUT2D eigenvalue weighted by Crippen LogP contribution is -2.30. The number of nitrogens with one attached hydrogen (secondary N) is 1. The monoisotopic (exact) mass is 265 g/mol. The van der Waals surface area contributed by atoms with Gasteiger partial charge >= 0.3 is 0 Å². The van der Waals surface area contributed by atoms with Crippen LogP contribution in [-0.4, -0.2) is 45.7 Å². The van der Waals surface area contributed by atoms with E-state index in [1.165, 1.54) is 0 Å². The average molecular weight is 265 g/mol. The van der Waals surface area contributed by atoms with Gasteiger partial charge in [0.15, 0.2) is 0 Å². The molecule has 0 aliphatic heterocycles. The van der Waals surface area contributed by atoms with Gasteiger partial charge in [0.25, 0.3) is 0 Å². The third-order valence-electron chi connectivity index (χ3n) is 2.76. The Balaban J connectivity index is 3.83. The molecule has 1 N–H and O–H groups in total. The van der Waals surface area contributed by atoms with Crippen molar-refractivity contribution in [2.45, 2.75) is 46.1 Å². The molecule has 1 unspecified atom stereocenters. The molecule has 0 aromatic heterocycles. The highest BCUT2D eigenvalue weighted by Gasteiger charge is 2.11. The predicted molar refractivity (Wildman–Crippen MR) is 72.1 cm³/mol. The molecule has 17 heavy (non-hydrogen) atoms. The minimum atomic E-state index is -2.81. The Labute approximate surface area is 106 Å². The maximum absolute atomic E-state index is 11.4. The van der Waals surface area contributed by atoms with Crippen LogP contribution in [0.4, 0.5) is 0 Å². The molecule has 0 saturated carbocycles. The van der Waals surface area contributed by atoms with E-state index in [2.05, 4.69) is 12.2 Å². The van der Waals surface area contributed by atoms with E-state index in [0.717, 1.165) is 39.0 Å². The fourth-order valence-electron chi connectivity index (χ4n) is 1.70. The molecular weight excluding hydrogens is 238 g/mol. The second-order valence-corrected chi connectivity index (χ2v) is 6.59. The Hall–Kier alpha value is -0.130. The molecule has 0 aromatic carbocycles. The van der Waals surface area contributed by atoms with E-state index in [-0.39, 0.29) is 5.75 Å². The first kappa shape index (κ1) is 16.9. The van der Waals surface area contributed by atoms with E-state index < -0.39 is 9.84 Å². The van der Waals surface area contributed by atoms with Crippen LogP contribution in [0, 0.1) is 0 Å². The van der Waals surface area contributed by atoms with Crippen molar-refractivity contribution in [3.63, 3.8) is 0 Å². The van der Waals surface area contributed by atoms with E-state index in [0.29, 0.717) is 11.8 Å². The standard InChI is InChI=1S/C12H27NO3S/c1-4-13-12(9-10-16-5-2)8-7-11-17(14,15)6-3/h12-13H,4-11H2,1-3H3. The Morgan fingerprint density at radius 2 is 1.88 bits per heavy atom. The van der Waals surface area contributed by atoms with Gasteiger partial charge < -0.3 is 10.1 Å². The van der Waals surface area contributed by atoms with Crippen LogP contribution < -0.4 is 5.32 Å². The first-order valence-electron chi connectivity index (χ1n) is 6.57. The number of hydrogen-bond donors (Lipinski definition) is 1. The van der Waals surface area contributed by atoms with Gasteiger partial charge in [0.1, 0.15) is 9.84 Å². The Morgan fingerprint density at radius 1 is 1.18 bits per heavy atom. The highest BCUT2D eigenvalue weighted by atomic mass is 32.2. The molecule has 1 atom stereocenters. The van der Waals surface area contributed by atoms with Crippen molar-refractivity contribution in [3.05, 3.63) is 0 Å². The molecule has 0 saturated heterocycles. The topological polar surface area (TPSA) is 55.4 Å². The summed E-state index contributed by atoms with van der Waals surface area (Å²) >= 11 is 0. The lowest BCUT2D eigenvalue weighted by molar-refractivity contribution is 0.135. The smallest absolute Gasteiger partial charge is 0.150 e. The lowest BCUT2D eigenvalue weighted by Gasteiger charge is -2.17. The first-order valence-corrected chi connectivity index (χ1v) is 8.39. The van der Waals surface area contributed by atoms with Crippen molar-refractivity contribution in [1.29, 1.82) is 0 Å². The van der Waals surface area contributed by atoms with E-state index >= 15 is 0 Å². The first-order chi connectivity index (χ1) is 8.05. The summed E-state index contributed by atoms with van der Waals surface area (Å²) in [6.45, 7) is 8.15. The van der Waals surface area contributed by atoms with E-state index in [1.807, 2.05) is 6.92 Å². The summed E-state index contributed by atoms with van der Waals surface area (Å²) in [4.78, 5) is 0. The quantitative estimate of drug-likeness (QED) is 0.577. The van der Waals surface area contributed by atoms with Gasteiger partial charge in [-0.3, -0.25) is 0 Å². The lowest BCUT2D eigenvalue weighted by atomic mass is 10.1. The minimum absolute atomic E-state index is 0.248. The van der Waals surface area contributed by atoms with Crippen LogP contribution in [0.2, 0.25) is 0 Å². The van der Waals surface area contributed by atoms with Gasteiger partial charge in [-0.1, -0.05) is 13.8 Å². The van der Waals surface area contributed by atoms with Crippen molar-refractivity contribution in [3.8, 4) is 0 Å². The molecule has 104 valence electrons. The molecule has 0 aromatic rings. The number of sulfone groups is 1. The van der Waals surface area contributed by atoms with Crippen LogP contribution in [0.25, 0.3) is 0 Å². The van der Waals surface area contributed by atoms with Gasteiger partial charge in [0.2, 0.25) is 0 Å². The van der Waals surface area contributed by atoms with Crippen LogP contribution in [0.1, 0.15) is 40.0 Å². The second-order valence-electron chi connectivity index (χ2n) is 4.12. The van der Waals surface area contributed by atoms with Crippen LogP contribution in [0.5, 0.6) is 0 Å². The molecule has 0 spiro atoms. The fourth-order valence-corrected chi connectivity index (χ4v) is 2.60. The summed E-state index contributed by atoms with van der Waals surface area (Å²) in [6, 6.07) is 0.374. The van der Waals surface area contributed by atoms with Crippen LogP contribution in [-0.2, 0) is 14.6 Å². The van der Waals surface area contributed by atoms with E-state index in [9.17, 15) is 8.42 Å². The minimum Gasteiger partial charge on any atom is -0.382 e. The fraction of sp³-hybridized carbons (Fsp3) is 1.00. The molecule has 0 heterocycles. The zero-order valence-corrected chi connectivity index (χ0v) is 12.2. The number of hydrogen-bond acceptors (Lipinski definition) is 4. The third kappa shape index (κ3) is 9.56. The Morgan fingerprint density at radius 3 is 2.41 bits per heavy atom. The van der Waals surface area contributed by atoms with Gasteiger partial charge in [-0.25, -0.2) is 8.42 Å². The van der Waals surface area contributed by atoms with E-state index in [1.54, 1.807) is 6.92 Å². The molecule has 0 aliphatic carbocycles. The molecule has 0 radical (unpaired) electrons. The molecule has 0 amide bonds. The summed E-state index contributed by atoms with van der Waals surface area (Å²) in [5.74, 6) is 0.553. The predicted octanol–water partition coefficient (Wildman–Crippen LogP) is 1.61. The summed E-state index contributed by atoms with van der Waals surface area (Å²) in [5.41, 5.74) is 0. The Kier molecular flexibility index (Phi) is 9.78. The molecule has 0 rings (SSSR count). The van der Waals surface area contributed by atoms with Gasteiger partial charge in [0, 0.05) is 25.0 Å². The van der Waals surface area contributed by atoms with Gasteiger partial charge in [-0.15, -0.1) is 0 Å². The van der Waals surface area contributed by atoms with Crippen LogP contribution in [0.15, 0.2) is 0 Å². The zero-order chi connectivity index (χ0) is 13.1. The Bertz CT molecular complexity index is 265. The van der Waals surface area contributed by atoms with Crippen LogP contribution >= 0.6 is 0 Å². The molecule has 0 fully saturated rings. The average Bonchev–Trinajstić information content (AvgIpc) is 2.29. The van der Waals surface area contributed by atoms with Gasteiger partial charge in [-0.2, -0.15) is 0 Å². The van der Waals surface area contributed by atoms with Crippen molar-refractivity contribution in [1.82, 2.24) is 5.32 Å². The van der Waals surface area contributed by atoms with Gasteiger partial charge in [-0.05, 0) is 32.7 Å². The molecular formula is C12H27NO3S. The second kappa shape index (κ2) is 9.85. The van der Waals surface area contributed by atoms with Gasteiger partial charge in [0.05, 0.1) is 5.75 Å². The number of rotatable bonds is 11. The van der Waals surface area contributed by atoms with Crippen molar-refractivity contribution in [2.75, 3.05) is 31.3 Å². The normalized spacial score (nSPS) is 13.8. The third-order valence-corrected chi connectivity index (χ3v) is 4.55. The highest BCUT2D eigenvalue weighted by molar-refractivity contribution is 7.91. The molecule has 0 aliphatic rings. The highest BCUT2D eigenvalue weighted by Crippen LogP contribution is 2.05. The molecule has 5 heteroatoms. The van der Waals surface area contributed by atoms with Crippen molar-refractivity contribution < 1.29 is 13.2 Å². The summed E-state index contributed by atoms with van der Waals surface area (Å²) < 4.78 is 28.0. The van der Waals surface area contributed by atoms with E-state index in [4.69, 9.17) is 4.74 Å². The zero-order valence-electron chi connectivity index (χ0n) is 11.4. The molecule has 4 nitrogen and oxygen atoms in total. The largest absolute Gasteiger partial charge is 0.382 e. The van der Waals surface area contributed by atoms with Crippen molar-refractivity contribution in [2.24, 2.45) is 0 Å². The van der Waals surface area contributed by atoms with Crippen LogP contribution in [0.3, 0.4) is 0 Å². The summed E-state index contributed by atoms with van der Waals surface area (Å²) in [5, 5.41) is 3.37. The maximum Gasteiger partial charge on any atom is 0.150 e. The SMILES string of the molecule is CCNC(CCCS(=O)(=O)CC)CCOCC. The summed E-state index contributed by atoms with van der Waals surface area (Å²) in [6.07, 6.45) is 2.59. The van der Waals surface area contributed by atoms with Crippen molar-refractivity contribution >= 4 is 9.84 Å². The molecule has 0 bridgehead atoms. The number of ether oxygens (including phenoxy) is 1.